The van der Waals surface area contributed by atoms with Crippen molar-refractivity contribution in [3.8, 4) is 0 Å². The molecular formula is C15H10F3NO. The van der Waals surface area contributed by atoms with Crippen molar-refractivity contribution in [1.29, 1.82) is 0 Å². The zero-order valence-corrected chi connectivity index (χ0v) is 10.2. The van der Waals surface area contributed by atoms with Crippen LogP contribution in [0.3, 0.4) is 0 Å². The summed E-state index contributed by atoms with van der Waals surface area (Å²) >= 11 is 0. The average molecular weight is 277 g/mol. The largest absolute Gasteiger partial charge is 0.459 e. The van der Waals surface area contributed by atoms with Crippen molar-refractivity contribution in [1.82, 2.24) is 0 Å². The minimum absolute atomic E-state index is 0.112. The maximum absolute atomic E-state index is 13.2. The van der Waals surface area contributed by atoms with Gasteiger partial charge in [0, 0.05) is 5.39 Å². The summed E-state index contributed by atoms with van der Waals surface area (Å²) in [7, 11) is 0. The van der Waals surface area contributed by atoms with Crippen LogP contribution in [0.1, 0.15) is 17.4 Å². The lowest BCUT2D eigenvalue weighted by Gasteiger charge is -2.09. The van der Waals surface area contributed by atoms with Crippen molar-refractivity contribution in [2.45, 2.75) is 6.04 Å². The van der Waals surface area contributed by atoms with Crippen molar-refractivity contribution in [2.24, 2.45) is 5.73 Å². The third-order valence-corrected chi connectivity index (χ3v) is 3.12. The summed E-state index contributed by atoms with van der Waals surface area (Å²) in [5, 5.41) is 0.834. The SMILES string of the molecule is NC(c1cc(F)c(F)c(F)c1)c1cc2ccccc2o1. The summed E-state index contributed by atoms with van der Waals surface area (Å²) < 4.78 is 44.9. The van der Waals surface area contributed by atoms with Gasteiger partial charge in [0.1, 0.15) is 11.3 Å². The highest BCUT2D eigenvalue weighted by Gasteiger charge is 2.18. The average Bonchev–Trinajstić information content (AvgIpc) is 2.87. The Bertz CT molecular complexity index is 726. The normalized spacial score (nSPS) is 12.8. The summed E-state index contributed by atoms with van der Waals surface area (Å²) in [6, 6.07) is 9.80. The molecule has 0 saturated heterocycles. The van der Waals surface area contributed by atoms with Crippen LogP contribution in [0.15, 0.2) is 46.9 Å². The fourth-order valence-electron chi connectivity index (χ4n) is 2.07. The first kappa shape index (κ1) is 12.7. The second-order valence-corrected chi connectivity index (χ2v) is 4.46. The number of halogens is 3. The van der Waals surface area contributed by atoms with E-state index in [0.29, 0.717) is 11.3 Å². The number of furan rings is 1. The van der Waals surface area contributed by atoms with Crippen LogP contribution in [-0.2, 0) is 0 Å². The van der Waals surface area contributed by atoms with E-state index in [0.717, 1.165) is 17.5 Å². The third kappa shape index (κ3) is 2.06. The molecule has 1 aromatic heterocycles. The molecule has 0 amide bonds. The molecule has 0 aliphatic heterocycles. The molecule has 2 N–H and O–H groups in total. The van der Waals surface area contributed by atoms with E-state index in [1.165, 1.54) is 0 Å². The van der Waals surface area contributed by atoms with Crippen LogP contribution in [0, 0.1) is 17.5 Å². The number of hydrogen-bond acceptors (Lipinski definition) is 2. The first-order chi connectivity index (χ1) is 9.56. The number of benzene rings is 2. The molecule has 20 heavy (non-hydrogen) atoms. The second kappa shape index (κ2) is 4.68. The molecule has 1 unspecified atom stereocenters. The Morgan fingerprint density at radius 3 is 2.25 bits per heavy atom. The molecule has 102 valence electrons. The van der Waals surface area contributed by atoms with E-state index in [-0.39, 0.29) is 5.56 Å². The van der Waals surface area contributed by atoms with E-state index < -0.39 is 23.5 Å². The Kier molecular flexibility index (Phi) is 2.99. The van der Waals surface area contributed by atoms with Gasteiger partial charge in [0.2, 0.25) is 0 Å². The first-order valence-corrected chi connectivity index (χ1v) is 5.95. The van der Waals surface area contributed by atoms with Crippen molar-refractivity contribution >= 4 is 11.0 Å². The number of rotatable bonds is 2. The zero-order chi connectivity index (χ0) is 14.3. The minimum atomic E-state index is -1.51. The summed E-state index contributed by atoms with van der Waals surface area (Å²) in [5.41, 5.74) is 6.66. The number of nitrogens with two attached hydrogens (primary N) is 1. The molecule has 2 aromatic carbocycles. The van der Waals surface area contributed by atoms with Gasteiger partial charge in [-0.1, -0.05) is 18.2 Å². The van der Waals surface area contributed by atoms with Crippen LogP contribution in [0.4, 0.5) is 13.2 Å². The molecule has 0 spiro atoms. The van der Waals surface area contributed by atoms with Gasteiger partial charge in [0.05, 0.1) is 6.04 Å². The lowest BCUT2D eigenvalue weighted by molar-refractivity contribution is 0.442. The van der Waals surface area contributed by atoms with Gasteiger partial charge in [-0.15, -0.1) is 0 Å². The van der Waals surface area contributed by atoms with Gasteiger partial charge in [-0.2, -0.15) is 0 Å². The Hall–Kier alpha value is -2.27. The summed E-state index contributed by atoms with van der Waals surface area (Å²) in [4.78, 5) is 0. The number of para-hydroxylation sites is 1. The molecule has 1 atom stereocenters. The molecular weight excluding hydrogens is 267 g/mol. The van der Waals surface area contributed by atoms with Gasteiger partial charge in [-0.25, -0.2) is 13.2 Å². The molecule has 2 nitrogen and oxygen atoms in total. The molecule has 5 heteroatoms. The summed E-state index contributed by atoms with van der Waals surface area (Å²) in [6.07, 6.45) is 0. The van der Waals surface area contributed by atoms with Crippen LogP contribution < -0.4 is 5.73 Å². The van der Waals surface area contributed by atoms with Crippen LogP contribution in [0.2, 0.25) is 0 Å². The van der Waals surface area contributed by atoms with Crippen molar-refractivity contribution in [3.05, 3.63) is 71.2 Å². The highest BCUT2D eigenvalue weighted by molar-refractivity contribution is 5.77. The monoisotopic (exact) mass is 277 g/mol. The molecule has 0 fully saturated rings. The van der Waals surface area contributed by atoms with Crippen molar-refractivity contribution in [3.63, 3.8) is 0 Å². The Morgan fingerprint density at radius 1 is 0.950 bits per heavy atom. The third-order valence-electron chi connectivity index (χ3n) is 3.12. The van der Waals surface area contributed by atoms with Gasteiger partial charge in [0.15, 0.2) is 17.5 Å². The molecule has 0 bridgehead atoms. The first-order valence-electron chi connectivity index (χ1n) is 5.95. The van der Waals surface area contributed by atoms with Crippen LogP contribution in [-0.4, -0.2) is 0 Å². The topological polar surface area (TPSA) is 39.2 Å². The van der Waals surface area contributed by atoms with Crippen LogP contribution in [0.5, 0.6) is 0 Å². The zero-order valence-electron chi connectivity index (χ0n) is 10.2. The molecule has 0 saturated carbocycles. The van der Waals surface area contributed by atoms with Gasteiger partial charge in [0.25, 0.3) is 0 Å². The highest BCUT2D eigenvalue weighted by atomic mass is 19.2. The van der Waals surface area contributed by atoms with E-state index >= 15 is 0 Å². The number of hydrogen-bond donors (Lipinski definition) is 1. The van der Waals surface area contributed by atoms with Crippen molar-refractivity contribution < 1.29 is 17.6 Å². The summed E-state index contributed by atoms with van der Waals surface area (Å²) in [6.45, 7) is 0. The lowest BCUT2D eigenvalue weighted by atomic mass is 10.0. The van der Waals surface area contributed by atoms with E-state index in [9.17, 15) is 13.2 Å². The van der Waals surface area contributed by atoms with Gasteiger partial charge < -0.3 is 10.2 Å². The summed E-state index contributed by atoms with van der Waals surface area (Å²) in [5.74, 6) is -3.69. The molecule has 3 rings (SSSR count). The smallest absolute Gasteiger partial charge is 0.194 e. The standard InChI is InChI=1S/C15H10F3NO/c16-10-5-9(6-11(17)14(10)18)15(19)13-7-8-3-1-2-4-12(8)20-13/h1-7,15H,19H2. The van der Waals surface area contributed by atoms with Gasteiger partial charge in [-0.3, -0.25) is 0 Å². The molecule has 3 aromatic rings. The number of fused-ring (bicyclic) bond motifs is 1. The Labute approximate surface area is 112 Å². The minimum Gasteiger partial charge on any atom is -0.459 e. The van der Waals surface area contributed by atoms with Gasteiger partial charge in [-0.05, 0) is 29.8 Å². The van der Waals surface area contributed by atoms with Gasteiger partial charge >= 0.3 is 0 Å². The molecule has 0 aliphatic rings. The highest BCUT2D eigenvalue weighted by Crippen LogP contribution is 2.28. The molecule has 0 aliphatic carbocycles. The van der Waals surface area contributed by atoms with Crippen LogP contribution >= 0.6 is 0 Å². The predicted octanol–water partition coefficient (Wildman–Crippen LogP) is 3.90. The van der Waals surface area contributed by atoms with Crippen LogP contribution in [0.25, 0.3) is 11.0 Å². The Balaban J connectivity index is 2.05. The fourth-order valence-corrected chi connectivity index (χ4v) is 2.07. The van der Waals surface area contributed by atoms with E-state index in [1.807, 2.05) is 12.1 Å². The quantitative estimate of drug-likeness (QED) is 0.721. The molecule has 1 heterocycles. The predicted molar refractivity (Wildman–Crippen MR) is 68.6 cm³/mol. The van der Waals surface area contributed by atoms with E-state index in [2.05, 4.69) is 0 Å². The van der Waals surface area contributed by atoms with E-state index in [1.54, 1.807) is 18.2 Å². The molecule has 0 radical (unpaired) electrons. The van der Waals surface area contributed by atoms with Crippen molar-refractivity contribution in [2.75, 3.05) is 0 Å². The lowest BCUT2D eigenvalue weighted by Crippen LogP contribution is -2.12. The maximum Gasteiger partial charge on any atom is 0.194 e. The second-order valence-electron chi connectivity index (χ2n) is 4.46. The Morgan fingerprint density at radius 2 is 1.60 bits per heavy atom. The fraction of sp³-hybridized carbons (Fsp3) is 0.0667. The maximum atomic E-state index is 13.2. The van der Waals surface area contributed by atoms with E-state index in [4.69, 9.17) is 10.2 Å².